The van der Waals surface area contributed by atoms with Gasteiger partial charge in [0.05, 0.1) is 0 Å². The second kappa shape index (κ2) is 6.40. The van der Waals surface area contributed by atoms with Crippen LogP contribution in [-0.4, -0.2) is 5.78 Å². The van der Waals surface area contributed by atoms with Crippen LogP contribution in [0, 0.1) is 13.8 Å². The Morgan fingerprint density at radius 2 is 1.80 bits per heavy atom. The fourth-order valence-electron chi connectivity index (χ4n) is 1.82. The second-order valence-corrected chi connectivity index (χ2v) is 5.03. The molecule has 0 radical (unpaired) electrons. The van der Waals surface area contributed by atoms with Crippen molar-refractivity contribution < 1.29 is 4.79 Å². The van der Waals surface area contributed by atoms with E-state index < -0.39 is 0 Å². The summed E-state index contributed by atoms with van der Waals surface area (Å²) in [7, 11) is 0. The number of carbonyl (C=O) groups excluding carboxylic acids is 1. The Morgan fingerprint density at radius 1 is 1.10 bits per heavy atom. The van der Waals surface area contributed by atoms with Crippen LogP contribution in [0.25, 0.3) is 0 Å². The van der Waals surface area contributed by atoms with Crippen LogP contribution < -0.4 is 5.32 Å². The zero-order valence-corrected chi connectivity index (χ0v) is 12.2. The van der Waals surface area contributed by atoms with Crippen LogP contribution in [0.2, 0.25) is 5.02 Å². The molecule has 0 saturated heterocycles. The number of aryl methyl sites for hydroxylation is 1. The summed E-state index contributed by atoms with van der Waals surface area (Å²) in [6.07, 6.45) is 3.18. The predicted molar refractivity (Wildman–Crippen MR) is 84.5 cm³/mol. The molecule has 0 unspecified atom stereocenters. The molecule has 0 aliphatic heterocycles. The molecule has 0 aliphatic rings. The van der Waals surface area contributed by atoms with Crippen molar-refractivity contribution in [2.45, 2.75) is 13.8 Å². The molecule has 2 nitrogen and oxygen atoms in total. The number of carbonyl (C=O) groups is 1. The predicted octanol–water partition coefficient (Wildman–Crippen LogP) is 4.77. The van der Waals surface area contributed by atoms with E-state index in [-0.39, 0.29) is 5.78 Å². The Morgan fingerprint density at radius 3 is 2.50 bits per heavy atom. The highest BCUT2D eigenvalue weighted by Gasteiger charge is 2.01. The first-order chi connectivity index (χ1) is 9.58. The molecule has 0 heterocycles. The lowest BCUT2D eigenvalue weighted by molar-refractivity contribution is 0.104. The molecule has 0 fully saturated rings. The minimum atomic E-state index is -0.0560. The molecule has 0 aromatic heterocycles. The van der Waals surface area contributed by atoms with Crippen LogP contribution in [0.3, 0.4) is 0 Å². The van der Waals surface area contributed by atoms with Gasteiger partial charge in [0.15, 0.2) is 5.78 Å². The Kier molecular flexibility index (Phi) is 4.59. The van der Waals surface area contributed by atoms with Crippen molar-refractivity contribution in [2.75, 3.05) is 5.32 Å². The summed E-state index contributed by atoms with van der Waals surface area (Å²) in [5.74, 6) is -0.0560. The van der Waals surface area contributed by atoms with E-state index >= 15 is 0 Å². The zero-order valence-electron chi connectivity index (χ0n) is 11.5. The van der Waals surface area contributed by atoms with E-state index in [4.69, 9.17) is 11.6 Å². The third-order valence-electron chi connectivity index (χ3n) is 3.21. The van der Waals surface area contributed by atoms with Gasteiger partial charge in [0.25, 0.3) is 0 Å². The Labute approximate surface area is 124 Å². The van der Waals surface area contributed by atoms with Gasteiger partial charge in [0.1, 0.15) is 0 Å². The van der Waals surface area contributed by atoms with Crippen molar-refractivity contribution in [1.82, 2.24) is 0 Å². The largest absolute Gasteiger partial charge is 0.361 e. The molecule has 0 amide bonds. The Balaban J connectivity index is 2.05. The quantitative estimate of drug-likeness (QED) is 0.648. The number of benzene rings is 2. The van der Waals surface area contributed by atoms with Crippen LogP contribution in [0.15, 0.2) is 54.7 Å². The van der Waals surface area contributed by atoms with E-state index in [1.807, 2.05) is 19.1 Å². The standard InChI is InChI=1S/C17H16ClNO/c1-12-4-3-5-16(13(12)2)19-11-10-17(20)14-6-8-15(18)9-7-14/h3-11,19H,1-2H3. The lowest BCUT2D eigenvalue weighted by Gasteiger charge is -2.07. The first kappa shape index (κ1) is 14.4. The normalized spacial score (nSPS) is 10.8. The van der Waals surface area contributed by atoms with Gasteiger partial charge in [-0.1, -0.05) is 23.7 Å². The van der Waals surface area contributed by atoms with E-state index in [0.29, 0.717) is 10.6 Å². The number of ketones is 1. The fourth-order valence-corrected chi connectivity index (χ4v) is 1.95. The van der Waals surface area contributed by atoms with Crippen LogP contribution >= 0.6 is 11.6 Å². The molecule has 2 rings (SSSR count). The topological polar surface area (TPSA) is 29.1 Å². The summed E-state index contributed by atoms with van der Waals surface area (Å²) >= 11 is 5.79. The molecule has 0 aliphatic carbocycles. The highest BCUT2D eigenvalue weighted by atomic mass is 35.5. The fraction of sp³-hybridized carbons (Fsp3) is 0.118. The number of hydrogen-bond donors (Lipinski definition) is 1. The Hall–Kier alpha value is -2.06. The number of allylic oxidation sites excluding steroid dienone is 1. The van der Waals surface area contributed by atoms with Crippen LogP contribution in [0.1, 0.15) is 21.5 Å². The molecule has 2 aromatic carbocycles. The van der Waals surface area contributed by atoms with E-state index in [0.717, 1.165) is 5.69 Å². The van der Waals surface area contributed by atoms with Crippen molar-refractivity contribution in [3.05, 3.63) is 76.5 Å². The summed E-state index contributed by atoms with van der Waals surface area (Å²) in [6, 6.07) is 12.9. The van der Waals surface area contributed by atoms with Crippen molar-refractivity contribution in [3.63, 3.8) is 0 Å². The minimum absolute atomic E-state index is 0.0560. The minimum Gasteiger partial charge on any atom is -0.361 e. The Bertz CT molecular complexity index is 645. The maximum Gasteiger partial charge on any atom is 0.187 e. The highest BCUT2D eigenvalue weighted by molar-refractivity contribution is 6.30. The SMILES string of the molecule is Cc1cccc(NC=CC(=O)c2ccc(Cl)cc2)c1C. The highest BCUT2D eigenvalue weighted by Crippen LogP contribution is 2.18. The molecule has 0 atom stereocenters. The average Bonchev–Trinajstić information content (AvgIpc) is 2.44. The monoisotopic (exact) mass is 285 g/mol. The van der Waals surface area contributed by atoms with Crippen molar-refractivity contribution >= 4 is 23.1 Å². The summed E-state index contributed by atoms with van der Waals surface area (Å²) in [4.78, 5) is 11.9. The molecule has 1 N–H and O–H groups in total. The first-order valence-corrected chi connectivity index (χ1v) is 6.75. The van der Waals surface area contributed by atoms with Crippen LogP contribution in [-0.2, 0) is 0 Å². The van der Waals surface area contributed by atoms with Crippen molar-refractivity contribution in [1.29, 1.82) is 0 Å². The molecular formula is C17H16ClNO. The zero-order chi connectivity index (χ0) is 14.5. The summed E-state index contributed by atoms with van der Waals surface area (Å²) in [5, 5.41) is 3.76. The molecule has 3 heteroatoms. The van der Waals surface area contributed by atoms with Gasteiger partial charge in [-0.05, 0) is 55.3 Å². The van der Waals surface area contributed by atoms with E-state index in [9.17, 15) is 4.79 Å². The molecule has 0 saturated carbocycles. The third-order valence-corrected chi connectivity index (χ3v) is 3.46. The number of halogens is 1. The van der Waals surface area contributed by atoms with Gasteiger partial charge in [0, 0.05) is 28.5 Å². The maximum atomic E-state index is 11.9. The van der Waals surface area contributed by atoms with Crippen LogP contribution in [0.5, 0.6) is 0 Å². The number of rotatable bonds is 4. The van der Waals surface area contributed by atoms with Gasteiger partial charge < -0.3 is 5.32 Å². The summed E-state index contributed by atoms with van der Waals surface area (Å²) in [5.41, 5.74) is 4.02. The lowest BCUT2D eigenvalue weighted by atomic mass is 10.1. The maximum absolute atomic E-state index is 11.9. The van der Waals surface area contributed by atoms with Crippen molar-refractivity contribution in [2.24, 2.45) is 0 Å². The summed E-state index contributed by atoms with van der Waals surface area (Å²) < 4.78 is 0. The van der Waals surface area contributed by atoms with E-state index in [1.165, 1.54) is 17.2 Å². The molecule has 2 aromatic rings. The number of hydrogen-bond acceptors (Lipinski definition) is 2. The average molecular weight is 286 g/mol. The van der Waals surface area contributed by atoms with Gasteiger partial charge in [-0.2, -0.15) is 0 Å². The molecule has 0 spiro atoms. The van der Waals surface area contributed by atoms with Gasteiger partial charge in [-0.15, -0.1) is 0 Å². The number of anilines is 1. The molecule has 0 bridgehead atoms. The molecule has 102 valence electrons. The smallest absolute Gasteiger partial charge is 0.187 e. The third kappa shape index (κ3) is 3.49. The van der Waals surface area contributed by atoms with Crippen LogP contribution in [0.4, 0.5) is 5.69 Å². The lowest BCUT2D eigenvalue weighted by Crippen LogP contribution is -1.97. The summed E-state index contributed by atoms with van der Waals surface area (Å²) in [6.45, 7) is 4.11. The van der Waals surface area contributed by atoms with E-state index in [2.05, 4.69) is 18.3 Å². The molecular weight excluding hydrogens is 270 g/mol. The van der Waals surface area contributed by atoms with Gasteiger partial charge in [-0.3, -0.25) is 4.79 Å². The van der Waals surface area contributed by atoms with Gasteiger partial charge >= 0.3 is 0 Å². The van der Waals surface area contributed by atoms with Crippen molar-refractivity contribution in [3.8, 4) is 0 Å². The number of nitrogens with one attached hydrogen (secondary N) is 1. The second-order valence-electron chi connectivity index (χ2n) is 4.60. The first-order valence-electron chi connectivity index (χ1n) is 6.37. The van der Waals surface area contributed by atoms with Gasteiger partial charge in [-0.25, -0.2) is 0 Å². The molecule has 20 heavy (non-hydrogen) atoms. The van der Waals surface area contributed by atoms with Gasteiger partial charge in [0.2, 0.25) is 0 Å². The van der Waals surface area contributed by atoms with E-state index in [1.54, 1.807) is 30.5 Å².